The number of phenols is 1. The minimum absolute atomic E-state index is 0.0494. The smallest absolute Gasteiger partial charge is 0.260 e. The summed E-state index contributed by atoms with van der Waals surface area (Å²) in [5.74, 6) is -6.76. The lowest BCUT2D eigenvalue weighted by Crippen LogP contribution is -2.53. The van der Waals surface area contributed by atoms with Crippen molar-refractivity contribution in [3.05, 3.63) is 126 Å². The second-order valence-electron chi connectivity index (χ2n) is 14.0. The molecule has 1 saturated carbocycles. The molecule has 2 aliphatic carbocycles. The number of benzene rings is 4. The molecular formula is C40H30Br2Cl2FN3O6. The largest absolute Gasteiger partial charge is 0.503 e. The molecule has 0 bridgehead atoms. The van der Waals surface area contributed by atoms with Crippen molar-refractivity contribution in [3.8, 4) is 11.5 Å². The maximum absolute atomic E-state index is 15.4. The number of carbonyl (C=O) groups excluding carboxylic acids is 4. The number of hydrogen-bond acceptors (Lipinski definition) is 7. The van der Waals surface area contributed by atoms with Crippen molar-refractivity contribution in [2.24, 2.45) is 23.7 Å². The van der Waals surface area contributed by atoms with Crippen LogP contribution in [0.2, 0.25) is 10.0 Å². The number of anilines is 2. The molecule has 2 heterocycles. The maximum atomic E-state index is 15.4. The monoisotopic (exact) mass is 895 g/mol. The molecule has 0 radical (unpaired) electrons. The fourth-order valence-electron chi connectivity index (χ4n) is 8.95. The molecule has 14 heteroatoms. The quantitative estimate of drug-likeness (QED) is 0.147. The SMILES string of the molecule is COc1cc([C@H]2C3=CC[C@@H]4C(=O)N(c5ccc(C)c(Cl)c5)C(=O)[C@@H]4[C@@H]3C[C@H]3C(=O)N(Nc4ccc(F)cc4)C(=O)[C@@]23c2ccc(Cl)cc2)c(Br)c(Br)c1O. The van der Waals surface area contributed by atoms with Gasteiger partial charge in [0.15, 0.2) is 11.5 Å². The summed E-state index contributed by atoms with van der Waals surface area (Å²) in [5, 5.41) is 12.8. The number of aromatic hydroxyl groups is 1. The Labute approximate surface area is 336 Å². The van der Waals surface area contributed by atoms with Crippen LogP contribution in [0.25, 0.3) is 0 Å². The van der Waals surface area contributed by atoms with Gasteiger partial charge >= 0.3 is 0 Å². The summed E-state index contributed by atoms with van der Waals surface area (Å²) >= 11 is 20.0. The van der Waals surface area contributed by atoms with Gasteiger partial charge in [-0.3, -0.25) is 24.6 Å². The van der Waals surface area contributed by atoms with Crippen LogP contribution in [-0.2, 0) is 24.6 Å². The van der Waals surface area contributed by atoms with Gasteiger partial charge in [-0.25, -0.2) is 9.29 Å². The van der Waals surface area contributed by atoms with Crippen molar-refractivity contribution in [3.63, 3.8) is 0 Å². The first-order chi connectivity index (χ1) is 25.8. The van der Waals surface area contributed by atoms with E-state index in [0.29, 0.717) is 42.6 Å². The Morgan fingerprint density at radius 3 is 2.28 bits per heavy atom. The van der Waals surface area contributed by atoms with Crippen LogP contribution in [0, 0.1) is 36.4 Å². The van der Waals surface area contributed by atoms with E-state index in [-0.39, 0.29) is 34.7 Å². The fourth-order valence-corrected chi connectivity index (χ4v) is 10.2. The number of hydrogen-bond donors (Lipinski definition) is 2. The third-order valence-corrected chi connectivity index (χ3v) is 14.2. The minimum atomic E-state index is -1.64. The molecule has 4 aromatic rings. The van der Waals surface area contributed by atoms with Gasteiger partial charge < -0.3 is 9.84 Å². The van der Waals surface area contributed by atoms with Crippen LogP contribution in [-0.4, -0.2) is 40.9 Å². The van der Waals surface area contributed by atoms with Gasteiger partial charge in [-0.15, -0.1) is 0 Å². The van der Waals surface area contributed by atoms with Gasteiger partial charge in [0.25, 0.3) is 11.8 Å². The molecule has 8 rings (SSSR count). The highest BCUT2D eigenvalue weighted by molar-refractivity contribution is 9.13. The van der Waals surface area contributed by atoms with E-state index in [1.54, 1.807) is 48.5 Å². The second-order valence-corrected chi connectivity index (χ2v) is 16.4. The van der Waals surface area contributed by atoms with Crippen LogP contribution in [0.1, 0.15) is 35.4 Å². The molecule has 2 aliphatic heterocycles. The first-order valence-electron chi connectivity index (χ1n) is 17.0. The standard InChI is InChI=1S/C40H30Br2Cl2FN3O6/c1-18-3-12-23(15-29(18)44)47-36(50)25-14-13-24-26(31(25)38(47)52)16-28-37(51)48(46-22-10-8-21(45)9-11-22)39(53)40(28,19-4-6-20(43)7-5-19)32(24)27-17-30(54-2)35(49)34(42)33(27)41/h3-13,15,17,25-26,28,31-32,46,49H,14,16H2,1-2H3/t25-,26+,28-,31-,32+,40+/m0/s1. The lowest BCUT2D eigenvalue weighted by Gasteiger charge is -2.51. The normalized spacial score (nSPS) is 26.1. The van der Waals surface area contributed by atoms with Crippen molar-refractivity contribution < 1.29 is 33.4 Å². The lowest BCUT2D eigenvalue weighted by molar-refractivity contribution is -0.138. The number of fused-ring (bicyclic) bond motifs is 4. The summed E-state index contributed by atoms with van der Waals surface area (Å²) in [7, 11) is 1.40. The second kappa shape index (κ2) is 13.5. The molecule has 6 atom stereocenters. The van der Waals surface area contributed by atoms with Crippen molar-refractivity contribution in [2.75, 3.05) is 17.4 Å². The number of halogens is 5. The van der Waals surface area contributed by atoms with Crippen molar-refractivity contribution in [1.82, 2.24) is 5.01 Å². The molecule has 4 aromatic carbocycles. The van der Waals surface area contributed by atoms with Crippen molar-refractivity contribution in [2.45, 2.75) is 31.1 Å². The molecule has 2 saturated heterocycles. The van der Waals surface area contributed by atoms with E-state index in [0.717, 1.165) is 10.6 Å². The maximum Gasteiger partial charge on any atom is 0.260 e. The number of phenolic OH excluding ortho intramolecular Hbond substituents is 1. The number of nitrogens with zero attached hydrogens (tertiary/aromatic N) is 2. The predicted octanol–water partition coefficient (Wildman–Crippen LogP) is 8.87. The molecule has 4 amide bonds. The van der Waals surface area contributed by atoms with E-state index < -0.39 is 58.5 Å². The highest BCUT2D eigenvalue weighted by atomic mass is 79.9. The third-order valence-electron chi connectivity index (χ3n) is 11.4. The molecule has 276 valence electrons. The molecule has 3 fully saturated rings. The summed E-state index contributed by atoms with van der Waals surface area (Å²) in [6, 6.07) is 18.7. The molecular weight excluding hydrogens is 868 g/mol. The lowest BCUT2D eigenvalue weighted by atomic mass is 9.49. The Balaban J connectivity index is 1.36. The first kappa shape index (κ1) is 36.7. The van der Waals surface area contributed by atoms with Gasteiger partial charge in [0.1, 0.15) is 5.82 Å². The van der Waals surface area contributed by atoms with E-state index >= 15 is 4.79 Å². The van der Waals surface area contributed by atoms with Crippen molar-refractivity contribution >= 4 is 90.1 Å². The zero-order valence-electron chi connectivity index (χ0n) is 28.6. The molecule has 9 nitrogen and oxygen atoms in total. The summed E-state index contributed by atoms with van der Waals surface area (Å²) in [6.45, 7) is 1.83. The summed E-state index contributed by atoms with van der Waals surface area (Å²) in [5.41, 5.74) is 4.43. The Bertz CT molecular complexity index is 2320. The highest BCUT2D eigenvalue weighted by Gasteiger charge is 2.70. The average Bonchev–Trinajstić information content (AvgIpc) is 3.54. The van der Waals surface area contributed by atoms with E-state index in [4.69, 9.17) is 27.9 Å². The number of methoxy groups -OCH3 is 1. The number of nitrogens with one attached hydrogen (secondary N) is 1. The molecule has 0 spiro atoms. The molecule has 0 unspecified atom stereocenters. The Kier molecular flexibility index (Phi) is 9.19. The van der Waals surface area contributed by atoms with Crippen molar-refractivity contribution in [1.29, 1.82) is 0 Å². The number of hydrazine groups is 1. The van der Waals surface area contributed by atoms with Crippen LogP contribution in [0.5, 0.6) is 11.5 Å². The third kappa shape index (κ3) is 5.35. The topological polar surface area (TPSA) is 116 Å². The zero-order chi connectivity index (χ0) is 38.4. The Morgan fingerprint density at radius 2 is 1.61 bits per heavy atom. The van der Waals surface area contributed by atoms with Crippen LogP contribution in [0.4, 0.5) is 15.8 Å². The summed E-state index contributed by atoms with van der Waals surface area (Å²) < 4.78 is 20.2. The number of carbonyl (C=O) groups is 4. The van der Waals surface area contributed by atoms with Gasteiger partial charge in [-0.1, -0.05) is 53.1 Å². The number of allylic oxidation sites excluding steroid dienone is 2. The first-order valence-corrected chi connectivity index (χ1v) is 19.4. The van der Waals surface area contributed by atoms with E-state index in [9.17, 15) is 23.9 Å². The summed E-state index contributed by atoms with van der Waals surface area (Å²) in [6.07, 6.45) is 2.17. The van der Waals surface area contributed by atoms with Crippen LogP contribution in [0.15, 0.2) is 93.4 Å². The molecule has 2 N–H and O–H groups in total. The highest BCUT2D eigenvalue weighted by Crippen LogP contribution is 2.65. The van der Waals surface area contributed by atoms with Crippen LogP contribution >= 0.6 is 55.1 Å². The molecule has 0 aromatic heterocycles. The Hall–Kier alpha value is -4.23. The van der Waals surface area contributed by atoms with Crippen LogP contribution < -0.4 is 15.1 Å². The average molecular weight is 898 g/mol. The van der Waals surface area contributed by atoms with Gasteiger partial charge in [-0.05, 0) is 129 Å². The fraction of sp³-hybridized carbons (Fsp3) is 0.250. The minimum Gasteiger partial charge on any atom is -0.503 e. The zero-order valence-corrected chi connectivity index (χ0v) is 33.3. The van der Waals surface area contributed by atoms with Gasteiger partial charge in [0.2, 0.25) is 11.8 Å². The van der Waals surface area contributed by atoms with E-state index in [1.807, 2.05) is 13.0 Å². The molecule has 54 heavy (non-hydrogen) atoms. The Morgan fingerprint density at radius 1 is 0.907 bits per heavy atom. The van der Waals surface area contributed by atoms with E-state index in [2.05, 4.69) is 37.3 Å². The van der Waals surface area contributed by atoms with Gasteiger partial charge in [-0.2, -0.15) is 5.01 Å². The number of ether oxygens (including phenoxy) is 1. The molecule has 4 aliphatic rings. The van der Waals surface area contributed by atoms with E-state index in [1.165, 1.54) is 36.3 Å². The predicted molar refractivity (Wildman–Crippen MR) is 208 cm³/mol. The number of amides is 4. The number of aryl methyl sites for hydroxylation is 1. The number of rotatable bonds is 6. The van der Waals surface area contributed by atoms with Crippen LogP contribution in [0.3, 0.4) is 0 Å². The van der Waals surface area contributed by atoms with Gasteiger partial charge in [0.05, 0.1) is 46.1 Å². The van der Waals surface area contributed by atoms with Gasteiger partial charge in [0, 0.05) is 20.4 Å². The summed E-state index contributed by atoms with van der Waals surface area (Å²) in [4.78, 5) is 60.2. The number of imide groups is 2.